The van der Waals surface area contributed by atoms with Crippen molar-refractivity contribution in [2.75, 3.05) is 0 Å². The van der Waals surface area contributed by atoms with Gasteiger partial charge in [0, 0.05) is 11.5 Å². The van der Waals surface area contributed by atoms with Gasteiger partial charge >= 0.3 is 0 Å². The normalized spacial score (nSPS) is 18.6. The van der Waals surface area contributed by atoms with Crippen molar-refractivity contribution < 1.29 is 0 Å². The first-order valence-electron chi connectivity index (χ1n) is 7.16. The van der Waals surface area contributed by atoms with Crippen LogP contribution in [0, 0.1) is 0 Å². The molecular formula is C18H21N. The van der Waals surface area contributed by atoms with Gasteiger partial charge in [-0.25, -0.2) is 0 Å². The predicted molar refractivity (Wildman–Crippen MR) is 80.1 cm³/mol. The van der Waals surface area contributed by atoms with Gasteiger partial charge in [0.25, 0.3) is 0 Å². The lowest BCUT2D eigenvalue weighted by molar-refractivity contribution is 0.194. The average Bonchev–Trinajstić information content (AvgIpc) is 2.40. The Morgan fingerprint density at radius 1 is 0.895 bits per heavy atom. The van der Waals surface area contributed by atoms with E-state index in [4.69, 9.17) is 5.73 Å². The van der Waals surface area contributed by atoms with Crippen LogP contribution >= 0.6 is 0 Å². The summed E-state index contributed by atoms with van der Waals surface area (Å²) in [7, 11) is 0. The van der Waals surface area contributed by atoms with Gasteiger partial charge in [-0.1, -0.05) is 67.1 Å². The second-order valence-electron chi connectivity index (χ2n) is 5.67. The maximum atomic E-state index is 6.58. The Balaban J connectivity index is 1.83. The molecule has 1 aliphatic rings. The second kappa shape index (κ2) is 5.18. The van der Waals surface area contributed by atoms with Crippen molar-refractivity contribution in [2.45, 2.75) is 37.1 Å². The molecule has 1 saturated carbocycles. The molecule has 98 valence electrons. The number of hydrogen-bond acceptors (Lipinski definition) is 1. The van der Waals surface area contributed by atoms with E-state index < -0.39 is 0 Å². The smallest absolute Gasteiger partial charge is 0.0177 e. The Morgan fingerprint density at radius 3 is 2.00 bits per heavy atom. The SMILES string of the molecule is NC(Cc1ccccc1)C1(c2ccccc2)CCC1. The molecule has 2 N–H and O–H groups in total. The molecule has 1 fully saturated rings. The van der Waals surface area contributed by atoms with E-state index in [1.54, 1.807) is 0 Å². The molecule has 1 nitrogen and oxygen atoms in total. The molecule has 19 heavy (non-hydrogen) atoms. The van der Waals surface area contributed by atoms with E-state index in [1.807, 2.05) is 0 Å². The van der Waals surface area contributed by atoms with E-state index in [2.05, 4.69) is 60.7 Å². The molecule has 0 amide bonds. The highest BCUT2D eigenvalue weighted by Gasteiger charge is 2.43. The summed E-state index contributed by atoms with van der Waals surface area (Å²) in [4.78, 5) is 0. The average molecular weight is 251 g/mol. The van der Waals surface area contributed by atoms with Crippen molar-refractivity contribution in [3.63, 3.8) is 0 Å². The molecule has 1 atom stereocenters. The molecule has 1 unspecified atom stereocenters. The summed E-state index contributed by atoms with van der Waals surface area (Å²) in [5.74, 6) is 0. The summed E-state index contributed by atoms with van der Waals surface area (Å²) in [5, 5.41) is 0. The minimum Gasteiger partial charge on any atom is -0.327 e. The Hall–Kier alpha value is -1.60. The first-order chi connectivity index (χ1) is 9.31. The lowest BCUT2D eigenvalue weighted by atomic mass is 9.59. The lowest BCUT2D eigenvalue weighted by Gasteiger charge is -2.47. The first-order valence-corrected chi connectivity index (χ1v) is 7.16. The van der Waals surface area contributed by atoms with Crippen LogP contribution in [0.5, 0.6) is 0 Å². The monoisotopic (exact) mass is 251 g/mol. The van der Waals surface area contributed by atoms with Crippen LogP contribution in [0.4, 0.5) is 0 Å². The fraction of sp³-hybridized carbons (Fsp3) is 0.333. The number of benzene rings is 2. The summed E-state index contributed by atoms with van der Waals surface area (Å²) in [6.45, 7) is 0. The van der Waals surface area contributed by atoms with E-state index in [0.29, 0.717) is 0 Å². The summed E-state index contributed by atoms with van der Waals surface area (Å²) in [6.07, 6.45) is 4.73. The standard InChI is InChI=1S/C18H21N/c19-17(14-15-8-3-1-4-9-15)18(12-7-13-18)16-10-5-2-6-11-16/h1-6,8-11,17H,7,12-14,19H2. The third-order valence-corrected chi connectivity index (χ3v) is 4.60. The van der Waals surface area contributed by atoms with Gasteiger partial charge in [0.15, 0.2) is 0 Å². The van der Waals surface area contributed by atoms with E-state index in [9.17, 15) is 0 Å². The third-order valence-electron chi connectivity index (χ3n) is 4.60. The molecule has 0 saturated heterocycles. The molecule has 0 spiro atoms. The molecule has 2 aromatic carbocycles. The van der Waals surface area contributed by atoms with Crippen LogP contribution in [0.1, 0.15) is 30.4 Å². The fourth-order valence-electron chi connectivity index (χ4n) is 3.26. The molecule has 1 heteroatoms. The van der Waals surface area contributed by atoms with Gasteiger partial charge in [-0.15, -0.1) is 0 Å². The topological polar surface area (TPSA) is 26.0 Å². The molecule has 0 radical (unpaired) electrons. The summed E-state index contributed by atoms with van der Waals surface area (Å²) in [5.41, 5.74) is 9.55. The van der Waals surface area contributed by atoms with Crippen molar-refractivity contribution in [2.24, 2.45) is 5.73 Å². The minimum atomic E-state index is 0.205. The van der Waals surface area contributed by atoms with Crippen molar-refractivity contribution in [3.05, 3.63) is 71.8 Å². The summed E-state index contributed by atoms with van der Waals surface area (Å²) in [6, 6.07) is 21.6. The van der Waals surface area contributed by atoms with Gasteiger partial charge in [0.05, 0.1) is 0 Å². The van der Waals surface area contributed by atoms with Gasteiger partial charge in [0.1, 0.15) is 0 Å². The Labute approximate surface area is 115 Å². The molecule has 2 aromatic rings. The van der Waals surface area contributed by atoms with Crippen molar-refractivity contribution in [1.82, 2.24) is 0 Å². The van der Waals surface area contributed by atoms with E-state index in [0.717, 1.165) is 6.42 Å². The van der Waals surface area contributed by atoms with Gasteiger partial charge in [0.2, 0.25) is 0 Å². The molecule has 0 aromatic heterocycles. The summed E-state index contributed by atoms with van der Waals surface area (Å²) < 4.78 is 0. The van der Waals surface area contributed by atoms with E-state index in [1.165, 1.54) is 30.4 Å². The zero-order chi connectivity index (χ0) is 13.1. The van der Waals surface area contributed by atoms with Gasteiger partial charge in [-0.05, 0) is 30.4 Å². The van der Waals surface area contributed by atoms with Crippen LogP contribution < -0.4 is 5.73 Å². The third kappa shape index (κ3) is 2.31. The second-order valence-corrected chi connectivity index (χ2v) is 5.67. The maximum Gasteiger partial charge on any atom is 0.0177 e. The van der Waals surface area contributed by atoms with E-state index in [-0.39, 0.29) is 11.5 Å². The van der Waals surface area contributed by atoms with Crippen molar-refractivity contribution >= 4 is 0 Å². The van der Waals surface area contributed by atoms with Crippen molar-refractivity contribution in [1.29, 1.82) is 0 Å². The van der Waals surface area contributed by atoms with Crippen LogP contribution in [0.15, 0.2) is 60.7 Å². The van der Waals surface area contributed by atoms with Gasteiger partial charge in [-0.3, -0.25) is 0 Å². The lowest BCUT2D eigenvalue weighted by Crippen LogP contribution is -2.51. The maximum absolute atomic E-state index is 6.58. The zero-order valence-electron chi connectivity index (χ0n) is 11.3. The number of rotatable bonds is 4. The largest absolute Gasteiger partial charge is 0.327 e. The highest BCUT2D eigenvalue weighted by molar-refractivity contribution is 5.31. The molecular weight excluding hydrogens is 230 g/mol. The highest BCUT2D eigenvalue weighted by atomic mass is 14.7. The minimum absolute atomic E-state index is 0.205. The predicted octanol–water partition coefficient (Wildman–Crippen LogP) is 3.68. The van der Waals surface area contributed by atoms with Crippen LogP contribution in [-0.2, 0) is 11.8 Å². The quantitative estimate of drug-likeness (QED) is 0.881. The van der Waals surface area contributed by atoms with E-state index >= 15 is 0 Å². The molecule has 1 aliphatic carbocycles. The van der Waals surface area contributed by atoms with Crippen molar-refractivity contribution in [3.8, 4) is 0 Å². The molecule has 3 rings (SSSR count). The number of nitrogens with two attached hydrogens (primary N) is 1. The Bertz CT molecular complexity index is 514. The molecule has 0 heterocycles. The van der Waals surface area contributed by atoms with Gasteiger partial charge in [-0.2, -0.15) is 0 Å². The molecule has 0 aliphatic heterocycles. The van der Waals surface area contributed by atoms with Crippen LogP contribution in [0.2, 0.25) is 0 Å². The fourth-order valence-corrected chi connectivity index (χ4v) is 3.26. The Kier molecular flexibility index (Phi) is 3.39. The first kappa shape index (κ1) is 12.4. The zero-order valence-corrected chi connectivity index (χ0v) is 11.3. The van der Waals surface area contributed by atoms with Gasteiger partial charge < -0.3 is 5.73 Å². The molecule has 0 bridgehead atoms. The van der Waals surface area contributed by atoms with Crippen LogP contribution in [-0.4, -0.2) is 6.04 Å². The number of hydrogen-bond donors (Lipinski definition) is 1. The van der Waals surface area contributed by atoms with Crippen LogP contribution in [0.3, 0.4) is 0 Å². The highest BCUT2D eigenvalue weighted by Crippen LogP contribution is 2.46. The summed E-state index contributed by atoms with van der Waals surface area (Å²) >= 11 is 0. The van der Waals surface area contributed by atoms with Crippen LogP contribution in [0.25, 0.3) is 0 Å². The Morgan fingerprint density at radius 2 is 1.47 bits per heavy atom.